The lowest BCUT2D eigenvalue weighted by Gasteiger charge is -2.22. The third-order valence-electron chi connectivity index (χ3n) is 4.65. The third kappa shape index (κ3) is 4.72. The van der Waals surface area contributed by atoms with E-state index in [0.29, 0.717) is 28.4 Å². The van der Waals surface area contributed by atoms with Gasteiger partial charge in [-0.05, 0) is 30.7 Å². The summed E-state index contributed by atoms with van der Waals surface area (Å²) in [7, 11) is 0.242. The third-order valence-corrected chi connectivity index (χ3v) is 6.59. The Hall–Kier alpha value is -3.31. The standard InChI is InChI=1S/C20H23N3O7S/c1-12-7-14-17(30-11-20(25)22-14)9-18(12)31(26,27)23(2)10-19(24)21-15-8-13(28-3)5-6-16(15)29-4/h5-9H,10-11H2,1-4H3,(H,21,24)(H,22,25). The molecule has 1 heterocycles. The van der Waals surface area contributed by atoms with E-state index in [1.54, 1.807) is 25.1 Å². The molecule has 2 aromatic rings. The van der Waals surface area contributed by atoms with Gasteiger partial charge in [0.25, 0.3) is 5.91 Å². The van der Waals surface area contributed by atoms with Crippen molar-refractivity contribution < 1.29 is 32.2 Å². The molecule has 166 valence electrons. The molecule has 0 bridgehead atoms. The molecule has 0 radical (unpaired) electrons. The maximum atomic E-state index is 13.1. The van der Waals surface area contributed by atoms with Crippen LogP contribution in [-0.4, -0.2) is 59.0 Å². The van der Waals surface area contributed by atoms with Crippen molar-refractivity contribution in [1.82, 2.24) is 4.31 Å². The Labute approximate surface area is 180 Å². The van der Waals surface area contributed by atoms with Gasteiger partial charge in [0.15, 0.2) is 6.61 Å². The first kappa shape index (κ1) is 22.4. The molecule has 2 N–H and O–H groups in total. The van der Waals surface area contributed by atoms with Crippen LogP contribution in [0.5, 0.6) is 17.2 Å². The highest BCUT2D eigenvalue weighted by atomic mass is 32.2. The highest BCUT2D eigenvalue weighted by molar-refractivity contribution is 7.89. The molecule has 11 heteroatoms. The number of carbonyl (C=O) groups excluding carboxylic acids is 2. The minimum absolute atomic E-state index is 0.0170. The van der Waals surface area contributed by atoms with E-state index in [4.69, 9.17) is 14.2 Å². The normalized spacial score (nSPS) is 13.1. The average molecular weight is 449 g/mol. The molecule has 0 fully saturated rings. The summed E-state index contributed by atoms with van der Waals surface area (Å²) in [5.41, 5.74) is 1.16. The lowest BCUT2D eigenvalue weighted by Crippen LogP contribution is -2.35. The number of hydrogen-bond donors (Lipinski definition) is 2. The summed E-state index contributed by atoms with van der Waals surface area (Å²) in [6.45, 7) is 0.968. The second-order valence-corrected chi connectivity index (χ2v) is 8.84. The molecule has 2 aromatic carbocycles. The molecule has 0 saturated heterocycles. The Balaban J connectivity index is 1.79. The van der Waals surface area contributed by atoms with Gasteiger partial charge < -0.3 is 24.8 Å². The Morgan fingerprint density at radius 2 is 1.97 bits per heavy atom. The molecule has 0 aromatic heterocycles. The minimum atomic E-state index is -4.01. The molecule has 0 aliphatic carbocycles. The van der Waals surface area contributed by atoms with Gasteiger partial charge in [0, 0.05) is 19.2 Å². The van der Waals surface area contributed by atoms with Crippen LogP contribution in [0, 0.1) is 6.92 Å². The van der Waals surface area contributed by atoms with Crippen molar-refractivity contribution in [2.75, 3.05) is 45.1 Å². The van der Waals surface area contributed by atoms with E-state index in [9.17, 15) is 18.0 Å². The zero-order valence-electron chi connectivity index (χ0n) is 17.5. The first-order chi connectivity index (χ1) is 14.6. The molecule has 0 saturated carbocycles. The Morgan fingerprint density at radius 1 is 1.23 bits per heavy atom. The number of carbonyl (C=O) groups is 2. The molecule has 0 unspecified atom stereocenters. The van der Waals surface area contributed by atoms with Crippen molar-refractivity contribution in [3.8, 4) is 17.2 Å². The Kier molecular flexibility index (Phi) is 6.37. The lowest BCUT2D eigenvalue weighted by atomic mass is 10.2. The van der Waals surface area contributed by atoms with Crippen LogP contribution in [0.15, 0.2) is 35.2 Å². The molecule has 1 aliphatic heterocycles. The summed E-state index contributed by atoms with van der Waals surface area (Å²) >= 11 is 0. The number of methoxy groups -OCH3 is 2. The van der Waals surface area contributed by atoms with Gasteiger partial charge in [-0.3, -0.25) is 9.59 Å². The zero-order valence-corrected chi connectivity index (χ0v) is 18.3. The number of likely N-dealkylation sites (N-methyl/N-ethyl adjacent to an activating group) is 1. The highest BCUT2D eigenvalue weighted by Crippen LogP contribution is 2.34. The van der Waals surface area contributed by atoms with E-state index in [1.165, 1.54) is 33.4 Å². The van der Waals surface area contributed by atoms with Crippen LogP contribution in [0.25, 0.3) is 0 Å². The minimum Gasteiger partial charge on any atom is -0.497 e. The molecule has 3 rings (SSSR count). The fourth-order valence-corrected chi connectivity index (χ4v) is 4.40. The van der Waals surface area contributed by atoms with E-state index in [-0.39, 0.29) is 23.2 Å². The van der Waals surface area contributed by atoms with Crippen LogP contribution in [0.1, 0.15) is 5.56 Å². The smallest absolute Gasteiger partial charge is 0.262 e. The number of anilines is 2. The van der Waals surface area contributed by atoms with Crippen molar-refractivity contribution in [2.24, 2.45) is 0 Å². The average Bonchev–Trinajstić information content (AvgIpc) is 2.72. The van der Waals surface area contributed by atoms with Gasteiger partial charge in [-0.25, -0.2) is 8.42 Å². The summed E-state index contributed by atoms with van der Waals surface area (Å²) in [6.07, 6.45) is 0. The molecule has 31 heavy (non-hydrogen) atoms. The van der Waals surface area contributed by atoms with Crippen LogP contribution in [-0.2, 0) is 19.6 Å². The quantitative estimate of drug-likeness (QED) is 0.658. The van der Waals surface area contributed by atoms with Gasteiger partial charge >= 0.3 is 0 Å². The number of aryl methyl sites for hydroxylation is 1. The number of nitrogens with zero attached hydrogens (tertiary/aromatic N) is 1. The molecule has 1 aliphatic rings. The summed E-state index contributed by atoms with van der Waals surface area (Å²) < 4.78 is 42.8. The topological polar surface area (TPSA) is 123 Å². The van der Waals surface area contributed by atoms with Gasteiger partial charge in [-0.1, -0.05) is 0 Å². The number of ether oxygens (including phenoxy) is 3. The lowest BCUT2D eigenvalue weighted by molar-refractivity contribution is -0.118. The number of hydrogen-bond acceptors (Lipinski definition) is 7. The summed E-state index contributed by atoms with van der Waals surface area (Å²) in [5.74, 6) is 0.294. The van der Waals surface area contributed by atoms with Gasteiger partial charge in [0.2, 0.25) is 15.9 Å². The van der Waals surface area contributed by atoms with Crippen LogP contribution >= 0.6 is 0 Å². The molecular formula is C20H23N3O7S. The summed E-state index contributed by atoms with van der Waals surface area (Å²) in [6, 6.07) is 7.75. The second kappa shape index (κ2) is 8.82. The van der Waals surface area contributed by atoms with Crippen molar-refractivity contribution >= 4 is 33.2 Å². The Morgan fingerprint density at radius 3 is 2.65 bits per heavy atom. The maximum absolute atomic E-state index is 13.1. The van der Waals surface area contributed by atoms with Crippen LogP contribution < -0.4 is 24.8 Å². The van der Waals surface area contributed by atoms with E-state index < -0.39 is 22.5 Å². The molecule has 0 atom stereocenters. The van der Waals surface area contributed by atoms with E-state index in [1.807, 2.05) is 0 Å². The number of benzene rings is 2. The maximum Gasteiger partial charge on any atom is 0.262 e. The van der Waals surface area contributed by atoms with E-state index >= 15 is 0 Å². The first-order valence-electron chi connectivity index (χ1n) is 9.21. The van der Waals surface area contributed by atoms with E-state index in [0.717, 1.165) is 4.31 Å². The predicted molar refractivity (Wildman–Crippen MR) is 113 cm³/mol. The van der Waals surface area contributed by atoms with Gasteiger partial charge in [0.05, 0.1) is 37.0 Å². The number of amides is 2. The van der Waals surface area contributed by atoms with E-state index in [2.05, 4.69) is 10.6 Å². The molecule has 0 spiro atoms. The fourth-order valence-electron chi connectivity index (χ4n) is 3.05. The largest absolute Gasteiger partial charge is 0.497 e. The van der Waals surface area contributed by atoms with Crippen molar-refractivity contribution in [1.29, 1.82) is 0 Å². The molecular weight excluding hydrogens is 426 g/mol. The first-order valence-corrected chi connectivity index (χ1v) is 10.6. The highest BCUT2D eigenvalue weighted by Gasteiger charge is 2.28. The van der Waals surface area contributed by atoms with Gasteiger partial charge in [-0.15, -0.1) is 0 Å². The number of rotatable bonds is 7. The van der Waals surface area contributed by atoms with Crippen LogP contribution in [0.4, 0.5) is 11.4 Å². The molecule has 2 amide bonds. The van der Waals surface area contributed by atoms with Crippen molar-refractivity contribution in [3.05, 3.63) is 35.9 Å². The number of fused-ring (bicyclic) bond motifs is 1. The number of nitrogens with one attached hydrogen (secondary N) is 2. The summed E-state index contributed by atoms with van der Waals surface area (Å²) in [4.78, 5) is 24.0. The monoisotopic (exact) mass is 449 g/mol. The second-order valence-electron chi connectivity index (χ2n) is 6.83. The zero-order chi connectivity index (χ0) is 22.8. The van der Waals surface area contributed by atoms with Crippen LogP contribution in [0.3, 0.4) is 0 Å². The predicted octanol–water partition coefficient (Wildman–Crippen LogP) is 1.60. The van der Waals surface area contributed by atoms with Gasteiger partial charge in [0.1, 0.15) is 17.2 Å². The van der Waals surface area contributed by atoms with Crippen molar-refractivity contribution in [2.45, 2.75) is 11.8 Å². The molecule has 10 nitrogen and oxygen atoms in total. The Bertz CT molecular complexity index is 1130. The van der Waals surface area contributed by atoms with Crippen LogP contribution in [0.2, 0.25) is 0 Å². The van der Waals surface area contributed by atoms with Crippen molar-refractivity contribution in [3.63, 3.8) is 0 Å². The fraction of sp³-hybridized carbons (Fsp3) is 0.300. The SMILES string of the molecule is COc1ccc(OC)c(NC(=O)CN(C)S(=O)(=O)c2cc3c(cc2C)NC(=O)CO3)c1. The summed E-state index contributed by atoms with van der Waals surface area (Å²) in [5, 5.41) is 5.27. The number of sulfonamides is 1. The van der Waals surface area contributed by atoms with Gasteiger partial charge in [-0.2, -0.15) is 4.31 Å².